The van der Waals surface area contributed by atoms with E-state index in [0.717, 1.165) is 21.9 Å². The molecule has 0 fully saturated rings. The number of amides is 2. The van der Waals surface area contributed by atoms with E-state index in [2.05, 4.69) is 5.32 Å². The summed E-state index contributed by atoms with van der Waals surface area (Å²) in [5, 5.41) is 2.90. The maximum Gasteiger partial charge on any atom is 0.264 e. The molecule has 214 valence electrons. The fourth-order valence-corrected chi connectivity index (χ4v) is 5.93. The SMILES string of the molecule is CCCNC(=O)[C@H](CC)N(Cc1ccc(OC)cc1)C(=O)CN(c1cc(C)ccc1C)S(=O)(=O)c1ccccc1. The third kappa shape index (κ3) is 7.41. The number of hydrogen-bond acceptors (Lipinski definition) is 5. The first-order valence-electron chi connectivity index (χ1n) is 13.5. The first-order chi connectivity index (χ1) is 19.1. The zero-order valence-corrected chi connectivity index (χ0v) is 24.7. The molecule has 0 aliphatic rings. The third-order valence-electron chi connectivity index (χ3n) is 6.69. The highest BCUT2D eigenvalue weighted by molar-refractivity contribution is 7.92. The summed E-state index contributed by atoms with van der Waals surface area (Å²) < 4.78 is 34.3. The van der Waals surface area contributed by atoms with Crippen molar-refractivity contribution in [1.29, 1.82) is 0 Å². The van der Waals surface area contributed by atoms with E-state index in [1.54, 1.807) is 43.5 Å². The molecule has 1 atom stereocenters. The second-order valence-electron chi connectivity index (χ2n) is 9.70. The molecule has 1 N–H and O–H groups in total. The molecule has 8 nitrogen and oxygen atoms in total. The van der Waals surface area contributed by atoms with Gasteiger partial charge in [0.05, 0.1) is 17.7 Å². The molecule has 0 radical (unpaired) electrons. The summed E-state index contributed by atoms with van der Waals surface area (Å²) in [4.78, 5) is 28.9. The van der Waals surface area contributed by atoms with Gasteiger partial charge in [-0.05, 0) is 73.7 Å². The van der Waals surface area contributed by atoms with E-state index in [0.29, 0.717) is 30.0 Å². The van der Waals surface area contributed by atoms with Gasteiger partial charge in [-0.15, -0.1) is 0 Å². The van der Waals surface area contributed by atoms with Crippen LogP contribution in [0.1, 0.15) is 43.4 Å². The summed E-state index contributed by atoms with van der Waals surface area (Å²) >= 11 is 0. The van der Waals surface area contributed by atoms with Gasteiger partial charge in [0.2, 0.25) is 11.8 Å². The molecule has 3 rings (SSSR count). The fraction of sp³-hybridized carbons (Fsp3) is 0.355. The Hall–Kier alpha value is -3.85. The lowest BCUT2D eigenvalue weighted by atomic mass is 10.1. The summed E-state index contributed by atoms with van der Waals surface area (Å²) in [5.41, 5.74) is 2.79. The topological polar surface area (TPSA) is 96.0 Å². The number of sulfonamides is 1. The molecule has 0 spiro atoms. The lowest BCUT2D eigenvalue weighted by molar-refractivity contribution is -0.140. The van der Waals surface area contributed by atoms with Crippen LogP contribution in [0.5, 0.6) is 5.75 Å². The number of anilines is 1. The number of carbonyl (C=O) groups is 2. The van der Waals surface area contributed by atoms with Crippen LogP contribution in [0.15, 0.2) is 77.7 Å². The van der Waals surface area contributed by atoms with Crippen LogP contribution in [-0.4, -0.2) is 51.4 Å². The highest BCUT2D eigenvalue weighted by Gasteiger charge is 2.34. The van der Waals surface area contributed by atoms with Crippen molar-refractivity contribution < 1.29 is 22.7 Å². The Morgan fingerprint density at radius 1 is 0.950 bits per heavy atom. The van der Waals surface area contributed by atoms with Crippen molar-refractivity contribution >= 4 is 27.5 Å². The molecule has 3 aromatic rings. The minimum absolute atomic E-state index is 0.0816. The van der Waals surface area contributed by atoms with Crippen LogP contribution >= 0.6 is 0 Å². The Balaban J connectivity index is 2.07. The molecule has 0 heterocycles. The number of nitrogens with zero attached hydrogens (tertiary/aromatic N) is 2. The van der Waals surface area contributed by atoms with Crippen LogP contribution in [0.2, 0.25) is 0 Å². The van der Waals surface area contributed by atoms with E-state index in [1.807, 2.05) is 52.0 Å². The Kier molecular flexibility index (Phi) is 10.7. The Labute approximate surface area is 238 Å². The number of methoxy groups -OCH3 is 1. The monoisotopic (exact) mass is 565 g/mol. The Morgan fingerprint density at radius 3 is 2.23 bits per heavy atom. The summed E-state index contributed by atoms with van der Waals surface area (Å²) in [7, 11) is -2.53. The maximum atomic E-state index is 14.1. The molecule has 0 aliphatic heterocycles. The molecular weight excluding hydrogens is 526 g/mol. The van der Waals surface area contributed by atoms with Crippen LogP contribution in [0, 0.1) is 13.8 Å². The highest BCUT2D eigenvalue weighted by Crippen LogP contribution is 2.28. The molecule has 0 aliphatic carbocycles. The summed E-state index contributed by atoms with van der Waals surface area (Å²) in [6.45, 7) is 7.64. The van der Waals surface area contributed by atoms with E-state index in [1.165, 1.54) is 17.0 Å². The number of nitrogens with one attached hydrogen (secondary N) is 1. The molecule has 0 bridgehead atoms. The van der Waals surface area contributed by atoms with Gasteiger partial charge in [-0.2, -0.15) is 0 Å². The van der Waals surface area contributed by atoms with Gasteiger partial charge >= 0.3 is 0 Å². The number of hydrogen-bond donors (Lipinski definition) is 1. The minimum atomic E-state index is -4.10. The lowest BCUT2D eigenvalue weighted by Crippen LogP contribution is -2.52. The van der Waals surface area contributed by atoms with E-state index >= 15 is 0 Å². The minimum Gasteiger partial charge on any atom is -0.497 e. The van der Waals surface area contributed by atoms with Crippen LogP contribution < -0.4 is 14.4 Å². The summed E-state index contributed by atoms with van der Waals surface area (Å²) in [5.74, 6) is -0.0745. The van der Waals surface area contributed by atoms with Gasteiger partial charge in [-0.3, -0.25) is 13.9 Å². The molecular formula is C31H39N3O5S. The zero-order valence-electron chi connectivity index (χ0n) is 23.9. The molecule has 0 saturated heterocycles. The van der Waals surface area contributed by atoms with E-state index in [4.69, 9.17) is 4.74 Å². The van der Waals surface area contributed by atoms with Crippen LogP contribution in [0.3, 0.4) is 0 Å². The van der Waals surface area contributed by atoms with Crippen molar-refractivity contribution in [2.24, 2.45) is 0 Å². The highest BCUT2D eigenvalue weighted by atomic mass is 32.2. The normalized spacial score (nSPS) is 11.9. The van der Waals surface area contributed by atoms with Gasteiger partial charge in [-0.25, -0.2) is 8.42 Å². The van der Waals surface area contributed by atoms with Crippen molar-refractivity contribution in [3.05, 3.63) is 89.5 Å². The number of carbonyl (C=O) groups excluding carboxylic acids is 2. The van der Waals surface area contributed by atoms with E-state index < -0.39 is 28.5 Å². The van der Waals surface area contributed by atoms with Gasteiger partial charge in [0.15, 0.2) is 0 Å². The molecule has 40 heavy (non-hydrogen) atoms. The van der Waals surface area contributed by atoms with Crippen molar-refractivity contribution in [3.8, 4) is 5.75 Å². The number of benzene rings is 3. The van der Waals surface area contributed by atoms with Crippen LogP contribution in [-0.2, 0) is 26.2 Å². The molecule has 3 aromatic carbocycles. The smallest absolute Gasteiger partial charge is 0.264 e. The summed E-state index contributed by atoms with van der Waals surface area (Å²) in [6.07, 6.45) is 1.12. The predicted molar refractivity (Wildman–Crippen MR) is 158 cm³/mol. The quantitative estimate of drug-likeness (QED) is 0.320. The zero-order chi connectivity index (χ0) is 29.3. The lowest BCUT2D eigenvalue weighted by Gasteiger charge is -2.33. The Morgan fingerprint density at radius 2 is 1.62 bits per heavy atom. The molecule has 9 heteroatoms. The first-order valence-corrected chi connectivity index (χ1v) is 14.9. The molecule has 0 saturated carbocycles. The fourth-order valence-electron chi connectivity index (χ4n) is 4.43. The third-order valence-corrected chi connectivity index (χ3v) is 8.46. The van der Waals surface area contributed by atoms with Crippen molar-refractivity contribution in [1.82, 2.24) is 10.2 Å². The standard InChI is InChI=1S/C31H39N3O5S/c1-6-19-32-31(36)28(7-2)33(21-25-15-17-26(39-5)18-16-25)30(35)22-34(29-20-23(3)13-14-24(29)4)40(37,38)27-11-9-8-10-12-27/h8-18,20,28H,6-7,19,21-22H2,1-5H3,(H,32,36)/t28-/m0/s1. The number of rotatable bonds is 13. The second kappa shape index (κ2) is 14.0. The maximum absolute atomic E-state index is 14.1. The van der Waals surface area contributed by atoms with E-state index in [-0.39, 0.29) is 17.3 Å². The Bertz CT molecular complexity index is 1390. The van der Waals surface area contributed by atoms with Gasteiger partial charge in [-0.1, -0.05) is 56.3 Å². The van der Waals surface area contributed by atoms with Crippen molar-refractivity contribution in [3.63, 3.8) is 0 Å². The van der Waals surface area contributed by atoms with Crippen molar-refractivity contribution in [2.45, 2.75) is 58.0 Å². The number of aryl methyl sites for hydroxylation is 2. The average Bonchev–Trinajstić information content (AvgIpc) is 2.96. The molecule has 0 unspecified atom stereocenters. The first kappa shape index (κ1) is 30.7. The van der Waals surface area contributed by atoms with Crippen LogP contribution in [0.25, 0.3) is 0 Å². The van der Waals surface area contributed by atoms with Crippen LogP contribution in [0.4, 0.5) is 5.69 Å². The van der Waals surface area contributed by atoms with Gasteiger partial charge in [0.1, 0.15) is 18.3 Å². The number of ether oxygens (including phenoxy) is 1. The second-order valence-corrected chi connectivity index (χ2v) is 11.6. The summed E-state index contributed by atoms with van der Waals surface area (Å²) in [6, 6.07) is 20.0. The van der Waals surface area contributed by atoms with Crippen molar-refractivity contribution in [2.75, 3.05) is 24.5 Å². The molecule has 0 aromatic heterocycles. The van der Waals surface area contributed by atoms with Gasteiger partial charge in [0, 0.05) is 13.1 Å². The van der Waals surface area contributed by atoms with E-state index in [9.17, 15) is 18.0 Å². The van der Waals surface area contributed by atoms with Gasteiger partial charge < -0.3 is 15.0 Å². The largest absolute Gasteiger partial charge is 0.497 e. The average molecular weight is 566 g/mol. The molecule has 2 amide bonds. The van der Waals surface area contributed by atoms with Gasteiger partial charge in [0.25, 0.3) is 10.0 Å². The predicted octanol–water partition coefficient (Wildman–Crippen LogP) is 4.84.